The van der Waals surface area contributed by atoms with Crippen molar-refractivity contribution in [3.05, 3.63) is 11.6 Å². The maximum absolute atomic E-state index is 6.29. The fourth-order valence-electron chi connectivity index (χ4n) is 4.50. The molecule has 0 aromatic heterocycles. The lowest BCUT2D eigenvalue weighted by Gasteiger charge is -2.36. The van der Waals surface area contributed by atoms with Crippen LogP contribution in [0.2, 0.25) is 0 Å². The quantitative estimate of drug-likeness (QED) is 0.744. The number of ether oxygens (including phenoxy) is 2. The SMILES string of the molecule is CC1=C[C@H](C)[C@@H]([C@@H]2OC[C@@H](CN3CCCCC3)O2)[C@@H](C)C1. The van der Waals surface area contributed by atoms with Crippen molar-refractivity contribution in [2.45, 2.75) is 58.8 Å². The van der Waals surface area contributed by atoms with Crippen LogP contribution in [-0.2, 0) is 9.47 Å². The van der Waals surface area contributed by atoms with E-state index >= 15 is 0 Å². The largest absolute Gasteiger partial charge is 0.350 e. The molecule has 0 unspecified atom stereocenters. The molecule has 0 saturated carbocycles. The lowest BCUT2D eigenvalue weighted by atomic mass is 9.74. The van der Waals surface area contributed by atoms with Gasteiger partial charge in [-0.05, 0) is 51.1 Å². The van der Waals surface area contributed by atoms with Crippen LogP contribution in [0, 0.1) is 17.8 Å². The van der Waals surface area contributed by atoms with Gasteiger partial charge in [-0.3, -0.25) is 0 Å². The molecule has 3 nitrogen and oxygen atoms in total. The van der Waals surface area contributed by atoms with Crippen LogP contribution in [-0.4, -0.2) is 43.5 Å². The van der Waals surface area contributed by atoms with Gasteiger partial charge in [0.1, 0.15) is 0 Å². The van der Waals surface area contributed by atoms with Gasteiger partial charge in [0.2, 0.25) is 0 Å². The number of rotatable bonds is 3. The molecule has 0 radical (unpaired) electrons. The molecule has 120 valence electrons. The van der Waals surface area contributed by atoms with E-state index in [0.717, 1.165) is 13.2 Å². The first-order chi connectivity index (χ1) is 10.1. The van der Waals surface area contributed by atoms with E-state index in [0.29, 0.717) is 17.8 Å². The van der Waals surface area contributed by atoms with E-state index in [1.54, 1.807) is 0 Å². The Hall–Kier alpha value is -0.380. The molecule has 0 amide bonds. The molecule has 3 aliphatic rings. The van der Waals surface area contributed by atoms with E-state index in [9.17, 15) is 0 Å². The van der Waals surface area contributed by atoms with Crippen LogP contribution in [0.3, 0.4) is 0 Å². The Morgan fingerprint density at radius 2 is 1.95 bits per heavy atom. The molecule has 0 spiro atoms. The van der Waals surface area contributed by atoms with Crippen LogP contribution in [0.15, 0.2) is 11.6 Å². The normalized spacial score (nSPS) is 42.0. The van der Waals surface area contributed by atoms with Gasteiger partial charge in [0.15, 0.2) is 6.29 Å². The summed E-state index contributed by atoms with van der Waals surface area (Å²) in [6.07, 6.45) is 7.97. The minimum Gasteiger partial charge on any atom is -0.350 e. The lowest BCUT2D eigenvalue weighted by Crippen LogP contribution is -2.39. The van der Waals surface area contributed by atoms with Gasteiger partial charge in [-0.1, -0.05) is 31.9 Å². The summed E-state index contributed by atoms with van der Waals surface area (Å²) in [4.78, 5) is 2.55. The maximum Gasteiger partial charge on any atom is 0.161 e. The number of hydrogen-bond donors (Lipinski definition) is 0. The van der Waals surface area contributed by atoms with Crippen LogP contribution in [0.25, 0.3) is 0 Å². The average Bonchev–Trinajstić information content (AvgIpc) is 2.87. The van der Waals surface area contributed by atoms with Gasteiger partial charge in [0.05, 0.1) is 12.7 Å². The second-order valence-corrected chi connectivity index (χ2v) is 7.45. The zero-order chi connectivity index (χ0) is 14.8. The molecule has 3 heteroatoms. The standard InChI is InChI=1S/C18H31NO2/c1-13-9-14(2)17(15(3)10-13)18-20-12-16(21-18)11-19-7-5-4-6-8-19/h9,14-18H,4-8,10-12H2,1-3H3/t14-,15-,16+,17+,18+/m0/s1. The Morgan fingerprint density at radius 1 is 1.19 bits per heavy atom. The highest BCUT2D eigenvalue weighted by molar-refractivity contribution is 5.09. The summed E-state index contributed by atoms with van der Waals surface area (Å²) in [5.74, 6) is 1.73. The zero-order valence-electron chi connectivity index (χ0n) is 13.9. The fraction of sp³-hybridized carbons (Fsp3) is 0.889. The van der Waals surface area contributed by atoms with Gasteiger partial charge in [0, 0.05) is 12.5 Å². The summed E-state index contributed by atoms with van der Waals surface area (Å²) < 4.78 is 12.3. The van der Waals surface area contributed by atoms with Crippen molar-refractivity contribution < 1.29 is 9.47 Å². The predicted octanol–water partition coefficient (Wildman–Crippen LogP) is 3.45. The topological polar surface area (TPSA) is 21.7 Å². The van der Waals surface area contributed by atoms with E-state index in [2.05, 4.69) is 31.7 Å². The summed E-state index contributed by atoms with van der Waals surface area (Å²) in [7, 11) is 0. The average molecular weight is 293 g/mol. The van der Waals surface area contributed by atoms with Crippen LogP contribution in [0.1, 0.15) is 46.5 Å². The first kappa shape index (κ1) is 15.5. The minimum atomic E-state index is 0.00846. The maximum atomic E-state index is 6.29. The molecule has 0 aromatic carbocycles. The van der Waals surface area contributed by atoms with E-state index in [1.807, 2.05) is 0 Å². The van der Waals surface area contributed by atoms with Crippen molar-refractivity contribution in [3.8, 4) is 0 Å². The molecule has 0 aromatic rings. The number of allylic oxidation sites excluding steroid dienone is 2. The van der Waals surface area contributed by atoms with Crippen LogP contribution in [0.5, 0.6) is 0 Å². The highest BCUT2D eigenvalue weighted by atomic mass is 16.7. The van der Waals surface area contributed by atoms with Crippen molar-refractivity contribution in [2.24, 2.45) is 17.8 Å². The Labute approximate surface area is 129 Å². The third-order valence-electron chi connectivity index (χ3n) is 5.45. The summed E-state index contributed by atoms with van der Waals surface area (Å²) in [6.45, 7) is 11.2. The van der Waals surface area contributed by atoms with Crippen molar-refractivity contribution in [2.75, 3.05) is 26.2 Å². The van der Waals surface area contributed by atoms with Gasteiger partial charge in [0.25, 0.3) is 0 Å². The summed E-state index contributed by atoms with van der Waals surface area (Å²) >= 11 is 0. The highest BCUT2D eigenvalue weighted by Gasteiger charge is 2.40. The molecule has 2 saturated heterocycles. The summed E-state index contributed by atoms with van der Waals surface area (Å²) in [5, 5.41) is 0. The molecule has 0 N–H and O–H groups in total. The molecule has 21 heavy (non-hydrogen) atoms. The Bertz CT molecular complexity index is 375. The van der Waals surface area contributed by atoms with E-state index < -0.39 is 0 Å². The van der Waals surface area contributed by atoms with Crippen molar-refractivity contribution in [1.29, 1.82) is 0 Å². The second kappa shape index (κ2) is 6.80. The Kier molecular flexibility index (Phi) is 5.03. The number of piperidine rings is 1. The molecule has 2 aliphatic heterocycles. The highest BCUT2D eigenvalue weighted by Crippen LogP contribution is 2.39. The van der Waals surface area contributed by atoms with Crippen molar-refractivity contribution >= 4 is 0 Å². The molecule has 3 rings (SSSR count). The molecule has 1 aliphatic carbocycles. The first-order valence-corrected chi connectivity index (χ1v) is 8.80. The van der Waals surface area contributed by atoms with Gasteiger partial charge in [-0.2, -0.15) is 0 Å². The third kappa shape index (κ3) is 3.69. The van der Waals surface area contributed by atoms with E-state index in [-0.39, 0.29) is 12.4 Å². The third-order valence-corrected chi connectivity index (χ3v) is 5.45. The molecular weight excluding hydrogens is 262 g/mol. The molecular formula is C18H31NO2. The van der Waals surface area contributed by atoms with Crippen LogP contribution < -0.4 is 0 Å². The molecule has 0 bridgehead atoms. The predicted molar refractivity (Wildman–Crippen MR) is 85.1 cm³/mol. The number of hydrogen-bond acceptors (Lipinski definition) is 3. The number of nitrogens with zero attached hydrogens (tertiary/aromatic N) is 1. The van der Waals surface area contributed by atoms with Gasteiger partial charge in [-0.15, -0.1) is 0 Å². The minimum absolute atomic E-state index is 0.00846. The number of likely N-dealkylation sites (tertiary alicyclic amines) is 1. The summed E-state index contributed by atoms with van der Waals surface area (Å²) in [6, 6.07) is 0. The fourth-order valence-corrected chi connectivity index (χ4v) is 4.50. The molecule has 2 heterocycles. The Morgan fingerprint density at radius 3 is 2.67 bits per heavy atom. The summed E-state index contributed by atoms with van der Waals surface area (Å²) in [5.41, 5.74) is 1.52. The van der Waals surface area contributed by atoms with Gasteiger partial charge in [-0.25, -0.2) is 0 Å². The Balaban J connectivity index is 1.54. The monoisotopic (exact) mass is 293 g/mol. The van der Waals surface area contributed by atoms with E-state index in [4.69, 9.17) is 9.47 Å². The lowest BCUT2D eigenvalue weighted by molar-refractivity contribution is -0.123. The molecule has 5 atom stereocenters. The van der Waals surface area contributed by atoms with Gasteiger partial charge >= 0.3 is 0 Å². The van der Waals surface area contributed by atoms with Crippen molar-refractivity contribution in [1.82, 2.24) is 4.90 Å². The molecule has 2 fully saturated rings. The van der Waals surface area contributed by atoms with Crippen molar-refractivity contribution in [3.63, 3.8) is 0 Å². The van der Waals surface area contributed by atoms with E-state index in [1.165, 1.54) is 44.3 Å². The zero-order valence-corrected chi connectivity index (χ0v) is 13.9. The smallest absolute Gasteiger partial charge is 0.161 e. The second-order valence-electron chi connectivity index (χ2n) is 7.45. The van der Waals surface area contributed by atoms with Crippen LogP contribution in [0.4, 0.5) is 0 Å². The van der Waals surface area contributed by atoms with Crippen LogP contribution >= 0.6 is 0 Å². The van der Waals surface area contributed by atoms with Gasteiger partial charge < -0.3 is 14.4 Å². The first-order valence-electron chi connectivity index (χ1n) is 8.80.